The summed E-state index contributed by atoms with van der Waals surface area (Å²) < 4.78 is 17.4. The van der Waals surface area contributed by atoms with Gasteiger partial charge in [-0.05, 0) is 37.1 Å². The Labute approximate surface area is 155 Å². The molecule has 138 valence electrons. The van der Waals surface area contributed by atoms with Crippen LogP contribution in [0.3, 0.4) is 0 Å². The van der Waals surface area contributed by atoms with Crippen LogP contribution in [0.5, 0.6) is 11.5 Å². The number of hydrogen-bond acceptors (Lipinski definition) is 4. The van der Waals surface area contributed by atoms with E-state index < -0.39 is 0 Å². The minimum atomic E-state index is -0.219. The number of carbonyl (C=O) groups excluding carboxylic acids is 1. The molecule has 0 amide bonds. The zero-order valence-corrected chi connectivity index (χ0v) is 15.4. The lowest BCUT2D eigenvalue weighted by molar-refractivity contribution is -0.125. The van der Waals surface area contributed by atoms with E-state index in [-0.39, 0.29) is 17.8 Å². The van der Waals surface area contributed by atoms with E-state index in [1.807, 2.05) is 55.5 Å². The maximum atomic E-state index is 12.7. The topological polar surface area (TPSA) is 44.8 Å². The summed E-state index contributed by atoms with van der Waals surface area (Å²) >= 11 is 0. The summed E-state index contributed by atoms with van der Waals surface area (Å²) in [7, 11) is 0. The normalized spacial score (nSPS) is 23.2. The van der Waals surface area contributed by atoms with Gasteiger partial charge in [-0.3, -0.25) is 4.79 Å². The van der Waals surface area contributed by atoms with Gasteiger partial charge in [0.25, 0.3) is 0 Å². The van der Waals surface area contributed by atoms with Crippen LogP contribution < -0.4 is 9.47 Å². The zero-order valence-electron chi connectivity index (χ0n) is 15.4. The van der Waals surface area contributed by atoms with Crippen LogP contribution in [0.1, 0.15) is 32.3 Å². The summed E-state index contributed by atoms with van der Waals surface area (Å²) in [5, 5.41) is 0. The van der Waals surface area contributed by atoms with Crippen molar-refractivity contribution in [1.82, 2.24) is 0 Å². The quantitative estimate of drug-likeness (QED) is 0.539. The number of rotatable bonds is 7. The number of fused-ring (bicyclic) bond motifs is 1. The van der Waals surface area contributed by atoms with Crippen molar-refractivity contribution in [2.45, 2.75) is 32.8 Å². The molecule has 0 aromatic heterocycles. The summed E-state index contributed by atoms with van der Waals surface area (Å²) in [5.41, 5.74) is 1.60. The van der Waals surface area contributed by atoms with Gasteiger partial charge in [0.2, 0.25) is 0 Å². The molecule has 4 heteroatoms. The second kappa shape index (κ2) is 8.86. The van der Waals surface area contributed by atoms with Gasteiger partial charge in [-0.25, -0.2) is 0 Å². The summed E-state index contributed by atoms with van der Waals surface area (Å²) in [6.07, 6.45) is 11.5. The Morgan fingerprint density at radius 2 is 2.00 bits per heavy atom. The number of benzene rings is 1. The van der Waals surface area contributed by atoms with Crippen molar-refractivity contribution < 1.29 is 19.0 Å². The van der Waals surface area contributed by atoms with Gasteiger partial charge in [-0.2, -0.15) is 0 Å². The Morgan fingerprint density at radius 3 is 2.81 bits per heavy atom. The summed E-state index contributed by atoms with van der Waals surface area (Å²) in [6, 6.07) is 5.79. The van der Waals surface area contributed by atoms with Gasteiger partial charge in [-0.15, -0.1) is 0 Å². The number of hydrogen-bond donors (Lipinski definition) is 0. The van der Waals surface area contributed by atoms with Gasteiger partial charge in [0.15, 0.2) is 17.3 Å². The lowest BCUT2D eigenvalue weighted by Gasteiger charge is -2.29. The molecule has 1 saturated heterocycles. The third kappa shape index (κ3) is 4.25. The molecule has 2 unspecified atom stereocenters. The molecule has 3 rings (SSSR count). The van der Waals surface area contributed by atoms with E-state index in [4.69, 9.17) is 14.2 Å². The van der Waals surface area contributed by atoms with Crippen LogP contribution in [0, 0.1) is 5.92 Å². The van der Waals surface area contributed by atoms with E-state index in [9.17, 15) is 4.79 Å². The van der Waals surface area contributed by atoms with E-state index in [1.165, 1.54) is 0 Å². The second-order valence-corrected chi connectivity index (χ2v) is 6.45. The summed E-state index contributed by atoms with van der Waals surface area (Å²) in [5.74, 6) is 1.36. The van der Waals surface area contributed by atoms with Crippen LogP contribution in [-0.2, 0) is 9.53 Å². The van der Waals surface area contributed by atoms with E-state index in [1.54, 1.807) is 0 Å². The lowest BCUT2D eigenvalue weighted by Crippen LogP contribution is -2.36. The Morgan fingerprint density at radius 1 is 1.15 bits per heavy atom. The standard InChI is InChI=1S/C22H26O4/c1-3-5-12-25-20-11-10-16(14-21(20)24-4-2)13-17-15-26-19-9-7-6-8-18(19)22(17)23/h6-11,13-14,18-19H,3-5,12,15H2,1-2H3. The van der Waals surface area contributed by atoms with Crippen LogP contribution in [0.4, 0.5) is 0 Å². The monoisotopic (exact) mass is 354 g/mol. The molecule has 2 atom stereocenters. The van der Waals surface area contributed by atoms with Crippen LogP contribution in [0.2, 0.25) is 0 Å². The number of ketones is 1. The molecule has 1 aromatic rings. The Hall–Kier alpha value is -2.33. The van der Waals surface area contributed by atoms with Gasteiger partial charge in [0.05, 0.1) is 31.8 Å². The number of Topliss-reactive ketones (excluding diaryl/α,β-unsaturated/α-hetero) is 1. The molecule has 0 N–H and O–H groups in total. The average Bonchev–Trinajstić information content (AvgIpc) is 2.66. The molecule has 0 bridgehead atoms. The molecule has 2 aliphatic rings. The fraction of sp³-hybridized carbons (Fsp3) is 0.409. The first-order valence-corrected chi connectivity index (χ1v) is 9.34. The molecule has 1 aliphatic carbocycles. The van der Waals surface area contributed by atoms with Crippen LogP contribution in [0.25, 0.3) is 6.08 Å². The summed E-state index contributed by atoms with van der Waals surface area (Å²) in [6.45, 7) is 5.64. The third-order valence-electron chi connectivity index (χ3n) is 4.50. The van der Waals surface area contributed by atoms with E-state index >= 15 is 0 Å². The first-order chi connectivity index (χ1) is 12.7. The molecule has 1 aromatic carbocycles. The van der Waals surface area contributed by atoms with Crippen molar-refractivity contribution in [1.29, 1.82) is 0 Å². The van der Waals surface area contributed by atoms with E-state index in [0.29, 0.717) is 31.1 Å². The van der Waals surface area contributed by atoms with Gasteiger partial charge in [0.1, 0.15) is 0 Å². The van der Waals surface area contributed by atoms with Crippen molar-refractivity contribution >= 4 is 11.9 Å². The number of ether oxygens (including phenoxy) is 3. The number of carbonyl (C=O) groups is 1. The van der Waals surface area contributed by atoms with Gasteiger partial charge in [-0.1, -0.05) is 43.7 Å². The molecule has 1 aliphatic heterocycles. The van der Waals surface area contributed by atoms with Gasteiger partial charge >= 0.3 is 0 Å². The maximum Gasteiger partial charge on any atom is 0.170 e. The highest BCUT2D eigenvalue weighted by atomic mass is 16.5. The first kappa shape index (κ1) is 18.5. The van der Waals surface area contributed by atoms with Crippen molar-refractivity contribution in [3.05, 3.63) is 53.6 Å². The largest absolute Gasteiger partial charge is 0.490 e. The minimum Gasteiger partial charge on any atom is -0.490 e. The van der Waals surface area contributed by atoms with Crippen molar-refractivity contribution in [2.75, 3.05) is 19.8 Å². The molecular formula is C22H26O4. The first-order valence-electron chi connectivity index (χ1n) is 9.34. The van der Waals surface area contributed by atoms with E-state index in [2.05, 4.69) is 6.92 Å². The third-order valence-corrected chi connectivity index (χ3v) is 4.50. The Kier molecular flexibility index (Phi) is 6.29. The Bertz CT molecular complexity index is 730. The fourth-order valence-corrected chi connectivity index (χ4v) is 3.10. The molecule has 0 radical (unpaired) electrons. The molecule has 1 fully saturated rings. The highest BCUT2D eigenvalue weighted by molar-refractivity contribution is 6.03. The molecule has 0 saturated carbocycles. The number of unbranched alkanes of at least 4 members (excludes halogenated alkanes) is 1. The van der Waals surface area contributed by atoms with Gasteiger partial charge < -0.3 is 14.2 Å². The minimum absolute atomic E-state index is 0.128. The van der Waals surface area contributed by atoms with Gasteiger partial charge in [0, 0.05) is 5.57 Å². The van der Waals surface area contributed by atoms with Crippen molar-refractivity contribution in [3.8, 4) is 11.5 Å². The zero-order chi connectivity index (χ0) is 18.4. The maximum absolute atomic E-state index is 12.7. The predicted octanol–water partition coefficient (Wildman–Crippen LogP) is 4.36. The second-order valence-electron chi connectivity index (χ2n) is 6.45. The Balaban J connectivity index is 1.79. The average molecular weight is 354 g/mol. The predicted molar refractivity (Wildman–Crippen MR) is 103 cm³/mol. The van der Waals surface area contributed by atoms with Crippen LogP contribution in [-0.4, -0.2) is 31.7 Å². The molecule has 4 nitrogen and oxygen atoms in total. The molecule has 1 heterocycles. The molecule has 0 spiro atoms. The lowest BCUT2D eigenvalue weighted by atomic mass is 9.86. The SMILES string of the molecule is CCCCOc1ccc(C=C2COC3C=CC=CC3C2=O)cc1OCC. The van der Waals surface area contributed by atoms with Crippen molar-refractivity contribution in [2.24, 2.45) is 5.92 Å². The molecular weight excluding hydrogens is 328 g/mol. The smallest absolute Gasteiger partial charge is 0.170 e. The highest BCUT2D eigenvalue weighted by Gasteiger charge is 2.33. The van der Waals surface area contributed by atoms with Crippen LogP contribution >= 0.6 is 0 Å². The van der Waals surface area contributed by atoms with E-state index in [0.717, 1.165) is 24.2 Å². The number of allylic oxidation sites excluding steroid dienone is 2. The molecule has 26 heavy (non-hydrogen) atoms. The van der Waals surface area contributed by atoms with Crippen molar-refractivity contribution in [3.63, 3.8) is 0 Å². The van der Waals surface area contributed by atoms with Crippen LogP contribution in [0.15, 0.2) is 48.1 Å². The highest BCUT2D eigenvalue weighted by Crippen LogP contribution is 2.31. The summed E-state index contributed by atoms with van der Waals surface area (Å²) in [4.78, 5) is 12.7. The fourth-order valence-electron chi connectivity index (χ4n) is 3.10.